The molecular weight excluding hydrogens is 402 g/mol. The fraction of sp³-hybridized carbons (Fsp3) is 0.476. The molecule has 0 bridgehead atoms. The van der Waals surface area contributed by atoms with Crippen LogP contribution in [0, 0.1) is 6.92 Å². The number of piperazine rings is 1. The number of aliphatic hydroxyl groups excluding tert-OH is 1. The Hall–Kier alpha value is -2.49. The van der Waals surface area contributed by atoms with Crippen molar-refractivity contribution in [2.45, 2.75) is 26.5 Å². The summed E-state index contributed by atoms with van der Waals surface area (Å²) in [5, 5.41) is 11.2. The molecule has 0 aliphatic carbocycles. The van der Waals surface area contributed by atoms with Gasteiger partial charge in [-0.25, -0.2) is 4.98 Å². The first-order valence-electron chi connectivity index (χ1n) is 10.2. The quantitative estimate of drug-likeness (QED) is 0.612. The lowest BCUT2D eigenvalue weighted by molar-refractivity contribution is 0.0914. The van der Waals surface area contributed by atoms with Gasteiger partial charge in [0.05, 0.1) is 6.54 Å². The molecule has 3 aromatic rings. The topological polar surface area (TPSA) is 83.7 Å². The molecule has 0 saturated carbocycles. The zero-order chi connectivity index (χ0) is 21.1. The highest BCUT2D eigenvalue weighted by molar-refractivity contribution is 7.22. The van der Waals surface area contributed by atoms with Crippen LogP contribution in [-0.2, 0) is 6.54 Å². The number of hydrogen-bond acceptors (Lipinski definition) is 8. The summed E-state index contributed by atoms with van der Waals surface area (Å²) in [6.07, 6.45) is 0.635. The molecule has 9 heteroatoms. The number of aryl methyl sites for hydroxylation is 1. The number of aromatic nitrogens is 3. The molecule has 30 heavy (non-hydrogen) atoms. The van der Waals surface area contributed by atoms with Gasteiger partial charge in [0.1, 0.15) is 29.5 Å². The maximum atomic E-state index is 12.9. The zero-order valence-corrected chi connectivity index (χ0v) is 18.1. The average Bonchev–Trinajstić information content (AvgIpc) is 3.20. The lowest BCUT2D eigenvalue weighted by Crippen LogP contribution is -2.46. The normalized spacial score (nSPS) is 16.2. The highest BCUT2D eigenvalue weighted by Crippen LogP contribution is 2.26. The van der Waals surface area contributed by atoms with Crippen molar-refractivity contribution in [1.82, 2.24) is 19.4 Å². The molecule has 1 atom stereocenters. The van der Waals surface area contributed by atoms with Crippen LogP contribution in [0.2, 0.25) is 0 Å². The van der Waals surface area contributed by atoms with E-state index < -0.39 is 6.10 Å². The third kappa shape index (κ3) is 4.63. The minimum Gasteiger partial charge on any atom is -0.491 e. The Morgan fingerprint density at radius 1 is 1.27 bits per heavy atom. The standard InChI is InChI=1S/C21H27N5O3S/c1-3-24-7-9-25(10-8-24)21-23-19-18(30-21)20(28)26(14-22-19)12-16(27)13-29-17-6-4-5-15(2)11-17/h4-6,11,14,16,27H,3,7-10,12-13H2,1-2H3/t16-/m0/s1. The first-order chi connectivity index (χ1) is 14.5. The Morgan fingerprint density at radius 3 is 2.80 bits per heavy atom. The van der Waals surface area contributed by atoms with E-state index in [1.165, 1.54) is 22.2 Å². The Bertz CT molecular complexity index is 1060. The van der Waals surface area contributed by atoms with E-state index in [0.29, 0.717) is 16.1 Å². The number of likely N-dealkylation sites (N-methyl/N-ethyl adjacent to an activating group) is 1. The molecule has 1 aromatic carbocycles. The van der Waals surface area contributed by atoms with Gasteiger partial charge in [-0.15, -0.1) is 0 Å². The maximum absolute atomic E-state index is 12.9. The van der Waals surface area contributed by atoms with E-state index in [1.54, 1.807) is 0 Å². The Kier molecular flexibility index (Phi) is 6.31. The fourth-order valence-electron chi connectivity index (χ4n) is 3.53. The lowest BCUT2D eigenvalue weighted by Gasteiger charge is -2.33. The van der Waals surface area contributed by atoms with Crippen LogP contribution in [-0.4, -0.2) is 70.0 Å². The number of rotatable bonds is 7. The first-order valence-corrected chi connectivity index (χ1v) is 11.1. The fourth-order valence-corrected chi connectivity index (χ4v) is 4.55. The van der Waals surface area contributed by atoms with E-state index in [0.717, 1.165) is 43.4 Å². The summed E-state index contributed by atoms with van der Waals surface area (Å²) >= 11 is 1.38. The van der Waals surface area contributed by atoms with E-state index in [4.69, 9.17) is 4.74 Å². The van der Waals surface area contributed by atoms with Gasteiger partial charge in [0.2, 0.25) is 0 Å². The number of ether oxygens (including phenoxy) is 1. The maximum Gasteiger partial charge on any atom is 0.273 e. The summed E-state index contributed by atoms with van der Waals surface area (Å²) in [7, 11) is 0. The van der Waals surface area contributed by atoms with Gasteiger partial charge < -0.3 is 19.6 Å². The molecule has 1 aliphatic heterocycles. The largest absolute Gasteiger partial charge is 0.491 e. The van der Waals surface area contributed by atoms with Gasteiger partial charge in [-0.05, 0) is 31.2 Å². The van der Waals surface area contributed by atoms with Gasteiger partial charge in [-0.2, -0.15) is 4.98 Å². The summed E-state index contributed by atoms with van der Waals surface area (Å²) in [6, 6.07) is 7.64. The molecule has 3 heterocycles. The molecule has 0 amide bonds. The van der Waals surface area contributed by atoms with Gasteiger partial charge in [-0.1, -0.05) is 30.4 Å². The third-order valence-corrected chi connectivity index (χ3v) is 6.40. The van der Waals surface area contributed by atoms with Gasteiger partial charge in [-0.3, -0.25) is 9.36 Å². The Morgan fingerprint density at radius 2 is 2.07 bits per heavy atom. The molecular formula is C21H27N5O3S. The minimum absolute atomic E-state index is 0.101. The molecule has 160 valence electrons. The molecule has 0 radical (unpaired) electrons. The smallest absolute Gasteiger partial charge is 0.273 e. The summed E-state index contributed by atoms with van der Waals surface area (Å²) in [5.74, 6) is 0.699. The highest BCUT2D eigenvalue weighted by Gasteiger charge is 2.21. The molecule has 2 aromatic heterocycles. The Balaban J connectivity index is 1.43. The predicted molar refractivity (Wildman–Crippen MR) is 119 cm³/mol. The number of nitrogens with zero attached hydrogens (tertiary/aromatic N) is 5. The summed E-state index contributed by atoms with van der Waals surface area (Å²) < 4.78 is 7.60. The van der Waals surface area contributed by atoms with Crippen molar-refractivity contribution >= 4 is 26.8 Å². The number of anilines is 1. The van der Waals surface area contributed by atoms with Crippen molar-refractivity contribution in [3.05, 3.63) is 46.5 Å². The van der Waals surface area contributed by atoms with E-state index in [1.807, 2.05) is 31.2 Å². The number of benzene rings is 1. The minimum atomic E-state index is -0.822. The van der Waals surface area contributed by atoms with Gasteiger partial charge in [0.15, 0.2) is 10.8 Å². The van der Waals surface area contributed by atoms with E-state index in [-0.39, 0.29) is 18.7 Å². The van der Waals surface area contributed by atoms with Crippen LogP contribution in [0.4, 0.5) is 5.13 Å². The van der Waals surface area contributed by atoms with Crippen LogP contribution in [0.1, 0.15) is 12.5 Å². The van der Waals surface area contributed by atoms with Crippen LogP contribution in [0.3, 0.4) is 0 Å². The molecule has 0 spiro atoms. The van der Waals surface area contributed by atoms with Crippen molar-refractivity contribution in [3.63, 3.8) is 0 Å². The van der Waals surface area contributed by atoms with E-state index >= 15 is 0 Å². The van der Waals surface area contributed by atoms with Crippen molar-refractivity contribution in [2.75, 3.05) is 44.2 Å². The third-order valence-electron chi connectivity index (χ3n) is 5.30. The molecule has 1 fully saturated rings. The summed E-state index contributed by atoms with van der Waals surface area (Å²) in [4.78, 5) is 26.4. The zero-order valence-electron chi connectivity index (χ0n) is 17.3. The van der Waals surface area contributed by atoms with Crippen molar-refractivity contribution in [2.24, 2.45) is 0 Å². The number of hydrogen-bond donors (Lipinski definition) is 1. The molecule has 4 rings (SSSR count). The van der Waals surface area contributed by atoms with Crippen LogP contribution in [0.15, 0.2) is 35.4 Å². The van der Waals surface area contributed by atoms with Crippen molar-refractivity contribution in [3.8, 4) is 5.75 Å². The number of fused-ring (bicyclic) bond motifs is 1. The molecule has 1 aliphatic rings. The highest BCUT2D eigenvalue weighted by atomic mass is 32.1. The Labute approximate surface area is 179 Å². The van der Waals surface area contributed by atoms with Gasteiger partial charge >= 0.3 is 0 Å². The first kappa shape index (κ1) is 20.8. The van der Waals surface area contributed by atoms with Crippen LogP contribution in [0.25, 0.3) is 10.3 Å². The second-order valence-electron chi connectivity index (χ2n) is 7.55. The SMILES string of the molecule is CCN1CCN(c2nc3ncn(C[C@H](O)COc4cccc(C)c4)c(=O)c3s2)CC1. The van der Waals surface area contributed by atoms with Crippen molar-refractivity contribution in [1.29, 1.82) is 0 Å². The molecule has 1 N–H and O–H groups in total. The van der Waals surface area contributed by atoms with Gasteiger partial charge in [0.25, 0.3) is 5.56 Å². The second kappa shape index (κ2) is 9.11. The van der Waals surface area contributed by atoms with Gasteiger partial charge in [0, 0.05) is 26.2 Å². The summed E-state index contributed by atoms with van der Waals surface area (Å²) in [6.45, 7) is 9.22. The lowest BCUT2D eigenvalue weighted by atomic mass is 10.2. The number of aliphatic hydroxyl groups is 1. The monoisotopic (exact) mass is 429 g/mol. The van der Waals surface area contributed by atoms with Crippen molar-refractivity contribution < 1.29 is 9.84 Å². The van der Waals surface area contributed by atoms with Crippen LogP contribution in [0.5, 0.6) is 5.75 Å². The summed E-state index contributed by atoms with van der Waals surface area (Å²) in [5.41, 5.74) is 1.38. The molecule has 1 saturated heterocycles. The van der Waals surface area contributed by atoms with E-state index in [9.17, 15) is 9.90 Å². The molecule has 0 unspecified atom stereocenters. The molecule has 8 nitrogen and oxygen atoms in total. The second-order valence-corrected chi connectivity index (χ2v) is 8.53. The van der Waals surface area contributed by atoms with Crippen LogP contribution >= 0.6 is 11.3 Å². The van der Waals surface area contributed by atoms with E-state index in [2.05, 4.69) is 26.7 Å². The number of thiazole rings is 1. The predicted octanol–water partition coefficient (Wildman–Crippen LogP) is 1.74. The average molecular weight is 430 g/mol. The van der Waals surface area contributed by atoms with Crippen LogP contribution < -0.4 is 15.2 Å².